The van der Waals surface area contributed by atoms with E-state index in [2.05, 4.69) is 5.32 Å². The summed E-state index contributed by atoms with van der Waals surface area (Å²) in [6.07, 6.45) is 0.555. The van der Waals surface area contributed by atoms with E-state index in [1.165, 1.54) is 12.1 Å². The highest BCUT2D eigenvalue weighted by Crippen LogP contribution is 2.32. The third-order valence-electron chi connectivity index (χ3n) is 4.19. The second-order valence-corrected chi connectivity index (χ2v) is 8.33. The second kappa shape index (κ2) is 9.66. The lowest BCUT2D eigenvalue weighted by Crippen LogP contribution is -2.27. The minimum atomic E-state index is -3.58. The minimum absolute atomic E-state index is 0. The molecule has 0 saturated heterocycles. The minimum Gasteiger partial charge on any atom is -0.486 e. The van der Waals surface area contributed by atoms with Gasteiger partial charge in [-0.05, 0) is 36.2 Å². The van der Waals surface area contributed by atoms with Crippen molar-refractivity contribution in [2.75, 3.05) is 31.2 Å². The first-order valence-electron chi connectivity index (χ1n) is 8.67. The van der Waals surface area contributed by atoms with E-state index in [0.29, 0.717) is 43.4 Å². The Hall–Kier alpha value is -2.45. The average Bonchev–Trinajstić information content (AvgIpc) is 2.67. The SMILES string of the molecule is Cl.Nc1ccc(CCNC(=O)CCS(=O)(=O)c2ccc3c(c2)OCCO3)cc1. The number of hydrogen-bond acceptors (Lipinski definition) is 6. The number of ether oxygens (including phenoxy) is 2. The number of amides is 1. The first kappa shape index (κ1) is 21.8. The first-order valence-corrected chi connectivity index (χ1v) is 10.3. The van der Waals surface area contributed by atoms with Gasteiger partial charge < -0.3 is 20.5 Å². The number of carbonyl (C=O) groups is 1. The smallest absolute Gasteiger partial charge is 0.221 e. The van der Waals surface area contributed by atoms with Crippen LogP contribution in [0, 0.1) is 0 Å². The van der Waals surface area contributed by atoms with Gasteiger partial charge in [0.05, 0.1) is 10.6 Å². The van der Waals surface area contributed by atoms with Gasteiger partial charge >= 0.3 is 0 Å². The molecule has 1 aliphatic rings. The van der Waals surface area contributed by atoms with Crippen molar-refractivity contribution in [1.82, 2.24) is 5.32 Å². The summed E-state index contributed by atoms with van der Waals surface area (Å²) >= 11 is 0. The number of carbonyl (C=O) groups excluding carboxylic acids is 1. The summed E-state index contributed by atoms with van der Waals surface area (Å²) in [5, 5.41) is 2.74. The lowest BCUT2D eigenvalue weighted by Gasteiger charge is -2.18. The number of fused-ring (bicyclic) bond motifs is 1. The monoisotopic (exact) mass is 426 g/mol. The molecule has 9 heteroatoms. The summed E-state index contributed by atoms with van der Waals surface area (Å²) in [6.45, 7) is 1.26. The molecule has 2 aromatic rings. The summed E-state index contributed by atoms with van der Waals surface area (Å²) in [4.78, 5) is 12.1. The van der Waals surface area contributed by atoms with Gasteiger partial charge in [-0.3, -0.25) is 4.79 Å². The maximum atomic E-state index is 12.5. The van der Waals surface area contributed by atoms with Crippen LogP contribution in [0.4, 0.5) is 5.69 Å². The fourth-order valence-corrected chi connectivity index (χ4v) is 3.93. The Kier molecular flexibility index (Phi) is 7.53. The van der Waals surface area contributed by atoms with Gasteiger partial charge in [-0.15, -0.1) is 12.4 Å². The van der Waals surface area contributed by atoms with E-state index in [1.54, 1.807) is 18.2 Å². The molecular weight excluding hydrogens is 404 g/mol. The number of hydrogen-bond donors (Lipinski definition) is 2. The van der Waals surface area contributed by atoms with E-state index in [4.69, 9.17) is 15.2 Å². The molecule has 1 heterocycles. The normalized spacial score (nSPS) is 12.7. The lowest BCUT2D eigenvalue weighted by molar-refractivity contribution is -0.120. The van der Waals surface area contributed by atoms with E-state index < -0.39 is 9.84 Å². The number of nitrogens with one attached hydrogen (secondary N) is 1. The van der Waals surface area contributed by atoms with E-state index in [1.807, 2.05) is 12.1 Å². The van der Waals surface area contributed by atoms with Gasteiger partial charge in [0.15, 0.2) is 21.3 Å². The number of halogens is 1. The van der Waals surface area contributed by atoms with Crippen molar-refractivity contribution in [3.8, 4) is 11.5 Å². The van der Waals surface area contributed by atoms with Crippen LogP contribution in [-0.2, 0) is 21.1 Å². The van der Waals surface area contributed by atoms with Crippen LogP contribution in [0.5, 0.6) is 11.5 Å². The van der Waals surface area contributed by atoms with Gasteiger partial charge in [0, 0.05) is 24.7 Å². The summed E-state index contributed by atoms with van der Waals surface area (Å²) in [5.41, 5.74) is 7.36. The highest BCUT2D eigenvalue weighted by molar-refractivity contribution is 7.91. The second-order valence-electron chi connectivity index (χ2n) is 6.22. The average molecular weight is 427 g/mol. The number of benzene rings is 2. The number of nitrogen functional groups attached to an aromatic ring is 1. The third-order valence-corrected chi connectivity index (χ3v) is 5.90. The molecule has 0 fully saturated rings. The van der Waals surface area contributed by atoms with Crippen LogP contribution < -0.4 is 20.5 Å². The molecule has 0 aliphatic carbocycles. The van der Waals surface area contributed by atoms with Crippen molar-refractivity contribution in [3.05, 3.63) is 48.0 Å². The van der Waals surface area contributed by atoms with Gasteiger partial charge in [0.25, 0.3) is 0 Å². The molecule has 0 bridgehead atoms. The van der Waals surface area contributed by atoms with Crippen LogP contribution in [0.2, 0.25) is 0 Å². The Labute approximate surface area is 170 Å². The van der Waals surface area contributed by atoms with Crippen molar-refractivity contribution in [3.63, 3.8) is 0 Å². The fraction of sp³-hybridized carbons (Fsp3) is 0.316. The maximum absolute atomic E-state index is 12.5. The highest BCUT2D eigenvalue weighted by Gasteiger charge is 2.20. The van der Waals surface area contributed by atoms with Gasteiger partial charge in [-0.2, -0.15) is 0 Å². The Balaban J connectivity index is 0.00000280. The molecule has 0 aromatic heterocycles. The molecule has 0 unspecified atom stereocenters. The predicted molar refractivity (Wildman–Crippen MR) is 109 cm³/mol. The zero-order valence-corrected chi connectivity index (χ0v) is 16.9. The first-order chi connectivity index (χ1) is 12.9. The Morgan fingerprint density at radius 1 is 1.04 bits per heavy atom. The van der Waals surface area contributed by atoms with Crippen LogP contribution in [0.25, 0.3) is 0 Å². The number of anilines is 1. The van der Waals surface area contributed by atoms with E-state index in [9.17, 15) is 13.2 Å². The zero-order chi connectivity index (χ0) is 19.3. The molecule has 1 aliphatic heterocycles. The van der Waals surface area contributed by atoms with Gasteiger partial charge in [0.1, 0.15) is 13.2 Å². The van der Waals surface area contributed by atoms with Crippen molar-refractivity contribution in [1.29, 1.82) is 0 Å². The molecule has 28 heavy (non-hydrogen) atoms. The standard InChI is InChI=1S/C19H22N2O5S.ClH/c20-15-3-1-14(2-4-15)7-9-21-19(22)8-12-27(23,24)16-5-6-17-18(13-16)26-11-10-25-17;/h1-6,13H,7-12,20H2,(H,21,22);1H. The topological polar surface area (TPSA) is 108 Å². The summed E-state index contributed by atoms with van der Waals surface area (Å²) in [7, 11) is -3.58. The highest BCUT2D eigenvalue weighted by atomic mass is 35.5. The number of sulfone groups is 1. The van der Waals surface area contributed by atoms with E-state index in [0.717, 1.165) is 5.56 Å². The molecule has 1 amide bonds. The van der Waals surface area contributed by atoms with Crippen LogP contribution in [0.15, 0.2) is 47.4 Å². The number of nitrogens with two attached hydrogens (primary N) is 1. The molecule has 3 N–H and O–H groups in total. The molecule has 0 spiro atoms. The maximum Gasteiger partial charge on any atom is 0.221 e. The Morgan fingerprint density at radius 3 is 2.43 bits per heavy atom. The quantitative estimate of drug-likeness (QED) is 0.655. The van der Waals surface area contributed by atoms with Gasteiger partial charge in [-0.1, -0.05) is 12.1 Å². The molecule has 2 aromatic carbocycles. The van der Waals surface area contributed by atoms with E-state index in [-0.39, 0.29) is 35.4 Å². The van der Waals surface area contributed by atoms with Crippen molar-refractivity contribution >= 4 is 33.8 Å². The van der Waals surface area contributed by atoms with Crippen molar-refractivity contribution < 1.29 is 22.7 Å². The molecule has 0 atom stereocenters. The van der Waals surface area contributed by atoms with Gasteiger partial charge in [0.2, 0.25) is 5.91 Å². The van der Waals surface area contributed by atoms with Crippen LogP contribution in [0.1, 0.15) is 12.0 Å². The van der Waals surface area contributed by atoms with Crippen LogP contribution in [0.3, 0.4) is 0 Å². The Bertz CT molecular complexity index is 916. The predicted octanol–water partition coefficient (Wildman–Crippen LogP) is 1.98. The zero-order valence-electron chi connectivity index (χ0n) is 15.2. The molecule has 152 valence electrons. The number of rotatable bonds is 7. The van der Waals surface area contributed by atoms with Crippen LogP contribution >= 0.6 is 12.4 Å². The third kappa shape index (κ3) is 5.77. The summed E-state index contributed by atoms with van der Waals surface area (Å²) < 4.78 is 35.7. The van der Waals surface area contributed by atoms with Gasteiger partial charge in [-0.25, -0.2) is 8.42 Å². The molecule has 3 rings (SSSR count). The fourth-order valence-electron chi connectivity index (χ4n) is 2.68. The summed E-state index contributed by atoms with van der Waals surface area (Å²) in [6, 6.07) is 11.9. The molecule has 0 saturated carbocycles. The molecular formula is C19H23ClN2O5S. The largest absolute Gasteiger partial charge is 0.486 e. The van der Waals surface area contributed by atoms with Crippen molar-refractivity contribution in [2.24, 2.45) is 0 Å². The molecule has 0 radical (unpaired) electrons. The summed E-state index contributed by atoms with van der Waals surface area (Å²) in [5.74, 6) is 0.378. The van der Waals surface area contributed by atoms with Crippen molar-refractivity contribution in [2.45, 2.75) is 17.7 Å². The lowest BCUT2D eigenvalue weighted by atomic mass is 10.1. The molecule has 7 nitrogen and oxygen atoms in total. The van der Waals surface area contributed by atoms with E-state index >= 15 is 0 Å². The Morgan fingerprint density at radius 2 is 1.71 bits per heavy atom. The van der Waals surface area contributed by atoms with Crippen LogP contribution in [-0.4, -0.2) is 39.8 Å².